The van der Waals surface area contributed by atoms with Gasteiger partial charge in [-0.2, -0.15) is 0 Å². The molecule has 2 nitrogen and oxygen atoms in total. The van der Waals surface area contributed by atoms with E-state index in [-0.39, 0.29) is 0 Å². The molecule has 2 fully saturated rings. The molecule has 2 aliphatic rings. The Morgan fingerprint density at radius 1 is 1.38 bits per heavy atom. The molecule has 2 bridgehead atoms. The topological polar surface area (TPSA) is 25.2 Å². The van der Waals surface area contributed by atoms with E-state index in [1.54, 1.807) is 6.26 Å². The molecule has 0 spiro atoms. The van der Waals surface area contributed by atoms with Crippen molar-refractivity contribution in [3.8, 4) is 0 Å². The van der Waals surface area contributed by atoms with Gasteiger partial charge in [-0.3, -0.25) is 0 Å². The fourth-order valence-corrected chi connectivity index (χ4v) is 3.58. The summed E-state index contributed by atoms with van der Waals surface area (Å²) in [6.07, 6.45) is 7.74. The monoisotopic (exact) mass is 219 g/mol. The van der Waals surface area contributed by atoms with Gasteiger partial charge in [0.15, 0.2) is 0 Å². The normalized spacial score (nSPS) is 32.4. The third kappa shape index (κ3) is 1.91. The van der Waals surface area contributed by atoms with Gasteiger partial charge >= 0.3 is 0 Å². The molecular weight excluding hydrogens is 198 g/mol. The highest BCUT2D eigenvalue weighted by atomic mass is 16.3. The Balaban J connectivity index is 1.46. The van der Waals surface area contributed by atoms with Crippen molar-refractivity contribution < 1.29 is 4.42 Å². The van der Waals surface area contributed by atoms with Gasteiger partial charge in [0.1, 0.15) is 5.76 Å². The third-order valence-electron chi connectivity index (χ3n) is 4.54. The Morgan fingerprint density at radius 3 is 2.94 bits per heavy atom. The summed E-state index contributed by atoms with van der Waals surface area (Å²) >= 11 is 0. The smallest absolute Gasteiger partial charge is 0.120 e. The molecule has 2 saturated carbocycles. The fraction of sp³-hybridized carbons (Fsp3) is 0.714. The highest BCUT2D eigenvalue weighted by Gasteiger charge is 2.38. The van der Waals surface area contributed by atoms with Crippen molar-refractivity contribution in [2.45, 2.75) is 39.2 Å². The van der Waals surface area contributed by atoms with Gasteiger partial charge in [0.25, 0.3) is 0 Å². The van der Waals surface area contributed by atoms with Crippen molar-refractivity contribution in [1.29, 1.82) is 0 Å². The van der Waals surface area contributed by atoms with E-state index in [0.29, 0.717) is 0 Å². The van der Waals surface area contributed by atoms with Crippen LogP contribution in [0.15, 0.2) is 16.7 Å². The summed E-state index contributed by atoms with van der Waals surface area (Å²) in [7, 11) is 0. The SMILES string of the molecule is Cc1ccoc1CNCC1CC2CCC1C2. The lowest BCUT2D eigenvalue weighted by molar-refractivity contribution is 0.314. The second-order valence-electron chi connectivity index (χ2n) is 5.59. The average Bonchev–Trinajstić information content (AvgIpc) is 2.96. The molecule has 1 N–H and O–H groups in total. The molecule has 3 rings (SSSR count). The Labute approximate surface area is 97.4 Å². The zero-order chi connectivity index (χ0) is 11.0. The minimum atomic E-state index is 0.896. The van der Waals surface area contributed by atoms with Gasteiger partial charge in [-0.25, -0.2) is 0 Å². The van der Waals surface area contributed by atoms with Crippen molar-refractivity contribution >= 4 is 0 Å². The summed E-state index contributed by atoms with van der Waals surface area (Å²) in [5.41, 5.74) is 1.26. The predicted octanol–water partition coefficient (Wildman–Crippen LogP) is 3.11. The maximum Gasteiger partial charge on any atom is 0.120 e. The van der Waals surface area contributed by atoms with Crippen LogP contribution in [-0.2, 0) is 6.54 Å². The van der Waals surface area contributed by atoms with Crippen LogP contribution < -0.4 is 5.32 Å². The minimum absolute atomic E-state index is 0.896. The summed E-state index contributed by atoms with van der Waals surface area (Å²) in [5, 5.41) is 3.56. The molecule has 88 valence electrons. The van der Waals surface area contributed by atoms with Crippen LogP contribution in [0.4, 0.5) is 0 Å². The molecule has 2 heteroatoms. The molecule has 0 aromatic carbocycles. The van der Waals surface area contributed by atoms with E-state index in [4.69, 9.17) is 4.42 Å². The second-order valence-corrected chi connectivity index (χ2v) is 5.59. The van der Waals surface area contributed by atoms with E-state index in [0.717, 1.165) is 30.1 Å². The first-order chi connectivity index (χ1) is 7.83. The van der Waals surface area contributed by atoms with Gasteiger partial charge < -0.3 is 9.73 Å². The van der Waals surface area contributed by atoms with Crippen LogP contribution in [0.25, 0.3) is 0 Å². The number of fused-ring (bicyclic) bond motifs is 2. The molecule has 1 aromatic heterocycles. The summed E-state index contributed by atoms with van der Waals surface area (Å²) < 4.78 is 5.43. The van der Waals surface area contributed by atoms with Crippen LogP contribution in [0.5, 0.6) is 0 Å². The summed E-state index contributed by atoms with van der Waals surface area (Å²) in [5.74, 6) is 4.12. The van der Waals surface area contributed by atoms with Crippen molar-refractivity contribution in [1.82, 2.24) is 5.32 Å². The van der Waals surface area contributed by atoms with Gasteiger partial charge in [-0.1, -0.05) is 6.42 Å². The van der Waals surface area contributed by atoms with Gasteiger partial charge in [0.05, 0.1) is 12.8 Å². The number of hydrogen-bond acceptors (Lipinski definition) is 2. The molecular formula is C14H21NO. The lowest BCUT2D eigenvalue weighted by Gasteiger charge is -2.21. The highest BCUT2D eigenvalue weighted by molar-refractivity contribution is 5.14. The van der Waals surface area contributed by atoms with E-state index in [9.17, 15) is 0 Å². The number of nitrogens with one attached hydrogen (secondary N) is 1. The molecule has 3 atom stereocenters. The molecule has 0 aliphatic heterocycles. The third-order valence-corrected chi connectivity index (χ3v) is 4.54. The van der Waals surface area contributed by atoms with Crippen LogP contribution in [0.3, 0.4) is 0 Å². The Kier molecular flexibility index (Phi) is 2.76. The maximum absolute atomic E-state index is 5.43. The first-order valence-electron chi connectivity index (χ1n) is 6.56. The summed E-state index contributed by atoms with van der Waals surface area (Å²) in [6.45, 7) is 4.19. The van der Waals surface area contributed by atoms with Gasteiger partial charge in [-0.15, -0.1) is 0 Å². The first-order valence-corrected chi connectivity index (χ1v) is 6.56. The van der Waals surface area contributed by atoms with E-state index >= 15 is 0 Å². The number of rotatable bonds is 4. The Bertz CT molecular complexity index is 357. The first kappa shape index (κ1) is 10.4. The number of furan rings is 1. The van der Waals surface area contributed by atoms with Crippen LogP contribution in [0, 0.1) is 24.7 Å². The molecule has 2 aliphatic carbocycles. The van der Waals surface area contributed by atoms with Crippen molar-refractivity contribution in [3.05, 3.63) is 23.7 Å². The van der Waals surface area contributed by atoms with Crippen molar-refractivity contribution in [2.24, 2.45) is 17.8 Å². The largest absolute Gasteiger partial charge is 0.468 e. The fourth-order valence-electron chi connectivity index (χ4n) is 3.58. The van der Waals surface area contributed by atoms with Gasteiger partial charge in [-0.05, 0) is 62.1 Å². The van der Waals surface area contributed by atoms with Gasteiger partial charge in [0, 0.05) is 0 Å². The number of hydrogen-bond donors (Lipinski definition) is 1. The zero-order valence-electron chi connectivity index (χ0n) is 10.0. The van der Waals surface area contributed by atoms with E-state index in [2.05, 4.69) is 12.2 Å². The van der Waals surface area contributed by atoms with Crippen molar-refractivity contribution in [2.75, 3.05) is 6.54 Å². The molecule has 1 heterocycles. The molecule has 0 amide bonds. The molecule has 1 aromatic rings. The second kappa shape index (κ2) is 4.25. The van der Waals surface area contributed by atoms with Gasteiger partial charge in [0.2, 0.25) is 0 Å². The zero-order valence-corrected chi connectivity index (χ0v) is 10.0. The molecule has 16 heavy (non-hydrogen) atoms. The van der Waals surface area contributed by atoms with E-state index in [1.165, 1.54) is 37.8 Å². The van der Waals surface area contributed by atoms with Crippen LogP contribution >= 0.6 is 0 Å². The highest BCUT2D eigenvalue weighted by Crippen LogP contribution is 2.47. The van der Waals surface area contributed by atoms with Crippen LogP contribution in [0.1, 0.15) is 37.0 Å². The average molecular weight is 219 g/mol. The predicted molar refractivity (Wildman–Crippen MR) is 64.1 cm³/mol. The van der Waals surface area contributed by atoms with Crippen LogP contribution in [-0.4, -0.2) is 6.54 Å². The van der Waals surface area contributed by atoms with E-state index < -0.39 is 0 Å². The quantitative estimate of drug-likeness (QED) is 0.841. The van der Waals surface area contributed by atoms with Crippen LogP contribution in [0.2, 0.25) is 0 Å². The van der Waals surface area contributed by atoms with Crippen molar-refractivity contribution in [3.63, 3.8) is 0 Å². The lowest BCUT2D eigenvalue weighted by Crippen LogP contribution is -2.26. The minimum Gasteiger partial charge on any atom is -0.468 e. The molecule has 3 unspecified atom stereocenters. The maximum atomic E-state index is 5.43. The molecule has 0 saturated heterocycles. The van der Waals surface area contributed by atoms with E-state index in [1.807, 2.05) is 6.07 Å². The standard InChI is InChI=1S/C14H21NO/c1-10-4-5-16-14(10)9-15-8-13-7-11-2-3-12(13)6-11/h4-5,11-13,15H,2-3,6-9H2,1H3. The Hall–Kier alpha value is -0.760. The molecule has 0 radical (unpaired) electrons. The summed E-state index contributed by atoms with van der Waals surface area (Å²) in [4.78, 5) is 0. The summed E-state index contributed by atoms with van der Waals surface area (Å²) in [6, 6.07) is 2.04. The number of aryl methyl sites for hydroxylation is 1. The lowest BCUT2D eigenvalue weighted by atomic mass is 9.89. The Morgan fingerprint density at radius 2 is 2.31 bits per heavy atom.